The van der Waals surface area contributed by atoms with Crippen LogP contribution in [0.1, 0.15) is 40.0 Å². The van der Waals surface area contributed by atoms with Crippen molar-refractivity contribution < 1.29 is 29.6 Å². The smallest absolute Gasteiger partial charge is 0.405 e. The Labute approximate surface area is 288 Å². The third-order valence-corrected chi connectivity index (χ3v) is 8.46. The summed E-state index contributed by atoms with van der Waals surface area (Å²) in [5.41, 5.74) is 5.99. The summed E-state index contributed by atoms with van der Waals surface area (Å²) in [5.74, 6) is 1.30. The van der Waals surface area contributed by atoms with E-state index >= 15 is 0 Å². The Morgan fingerprint density at radius 3 is 2.36 bits per heavy atom. The minimum absolute atomic E-state index is 0.0531. The maximum atomic E-state index is 11.7. The third kappa shape index (κ3) is 7.95. The van der Waals surface area contributed by atoms with Gasteiger partial charge in [-0.2, -0.15) is 0 Å². The van der Waals surface area contributed by atoms with Crippen molar-refractivity contribution in [3.63, 3.8) is 0 Å². The number of methoxy groups -OCH3 is 1. The zero-order valence-corrected chi connectivity index (χ0v) is 27.3. The molecule has 0 aliphatic carbocycles. The summed E-state index contributed by atoms with van der Waals surface area (Å²) in [6.07, 6.45) is -1.98. The van der Waals surface area contributed by atoms with E-state index in [1.807, 2.05) is 97.1 Å². The highest BCUT2D eigenvalue weighted by Crippen LogP contribution is 2.32. The van der Waals surface area contributed by atoms with Gasteiger partial charge in [-0.05, 0) is 69.8 Å². The molecule has 2 atom stereocenters. The topological polar surface area (TPSA) is 153 Å². The second-order valence-electron chi connectivity index (χ2n) is 11.8. The van der Waals surface area contributed by atoms with Crippen molar-refractivity contribution in [2.24, 2.45) is 0 Å². The number of carboxylic acid groups (broad SMARTS) is 1. The number of phenols is 1. The highest BCUT2D eigenvalue weighted by atomic mass is 16.5. The van der Waals surface area contributed by atoms with E-state index in [0.29, 0.717) is 35.4 Å². The van der Waals surface area contributed by atoms with Gasteiger partial charge in [-0.3, -0.25) is 4.79 Å². The number of aromatic nitrogens is 1. The van der Waals surface area contributed by atoms with E-state index in [2.05, 4.69) is 15.6 Å². The zero-order chi connectivity index (χ0) is 35.0. The van der Waals surface area contributed by atoms with E-state index in [9.17, 15) is 24.9 Å². The Morgan fingerprint density at radius 2 is 1.60 bits per heavy atom. The molecule has 5 aromatic carbocycles. The molecule has 1 aromatic heterocycles. The molecule has 1 amide bonds. The molecule has 10 nitrogen and oxygen atoms in total. The molecule has 6 N–H and O–H groups in total. The Morgan fingerprint density at radius 1 is 0.840 bits per heavy atom. The molecule has 0 fully saturated rings. The molecule has 0 aliphatic rings. The summed E-state index contributed by atoms with van der Waals surface area (Å²) in [5, 5.41) is 37.0. The summed E-state index contributed by atoms with van der Waals surface area (Å²) in [6.45, 7) is 1.06. The lowest BCUT2D eigenvalue weighted by molar-refractivity contribution is 0.176. The lowest BCUT2D eigenvalue weighted by atomic mass is 9.98. The van der Waals surface area contributed by atoms with Crippen LogP contribution in [-0.4, -0.2) is 40.1 Å². The second kappa shape index (κ2) is 15.4. The molecule has 0 aliphatic heterocycles. The number of aromatic amines is 1. The molecule has 0 saturated carbocycles. The molecule has 0 bridgehead atoms. The Bertz CT molecular complexity index is 2150. The summed E-state index contributed by atoms with van der Waals surface area (Å²) in [6, 6.07) is 36.3. The van der Waals surface area contributed by atoms with Crippen LogP contribution < -0.4 is 25.7 Å². The van der Waals surface area contributed by atoms with Crippen LogP contribution in [0.3, 0.4) is 0 Å². The summed E-state index contributed by atoms with van der Waals surface area (Å²) in [4.78, 5) is 25.9. The molecule has 6 aromatic rings. The largest absolute Gasteiger partial charge is 0.506 e. The van der Waals surface area contributed by atoms with Gasteiger partial charge >= 0.3 is 6.09 Å². The SMILES string of the molecule is COc1ccc(CNCC(O)c2ccc(O)c3[nH]c(=O)ccc23)cc1-c1ccc(COc2cccc([C@@H](NC(=O)O)c3ccccc3)c2)cc1. The average Bonchev–Trinajstić information content (AvgIpc) is 3.14. The van der Waals surface area contributed by atoms with Crippen molar-refractivity contribution in [3.05, 3.63) is 159 Å². The van der Waals surface area contributed by atoms with Crippen LogP contribution in [0.5, 0.6) is 17.2 Å². The molecule has 254 valence electrons. The van der Waals surface area contributed by atoms with Gasteiger partial charge in [-0.15, -0.1) is 0 Å². The number of phenolic OH excluding ortho intramolecular Hbond substituents is 1. The Kier molecular flexibility index (Phi) is 10.4. The Hall–Kier alpha value is -6.10. The summed E-state index contributed by atoms with van der Waals surface area (Å²) < 4.78 is 11.8. The minimum atomic E-state index is -1.11. The van der Waals surface area contributed by atoms with Crippen LogP contribution >= 0.6 is 0 Å². The van der Waals surface area contributed by atoms with E-state index in [1.54, 1.807) is 19.2 Å². The quantitative estimate of drug-likeness (QED) is 0.0797. The van der Waals surface area contributed by atoms with Gasteiger partial charge in [0.15, 0.2) is 0 Å². The standard InChI is InChI=1S/C40H37N3O7/c1-49-36-18-12-26(22-41-23-35(45)31-15-17-34(44)39-32(31)16-19-37(46)42-39)20-33(36)27-13-10-25(11-14-27)24-50-30-9-5-8-29(21-30)38(43-40(47)48)28-6-3-2-4-7-28/h2-21,35,38,41,43-45H,22-24H2,1H3,(H,42,46)(H,47,48)/t35?,38-/m0/s1. The molecule has 6 rings (SSSR count). The number of aromatic hydroxyl groups is 1. The number of hydrogen-bond acceptors (Lipinski definition) is 7. The second-order valence-corrected chi connectivity index (χ2v) is 11.8. The van der Waals surface area contributed by atoms with Crippen LogP contribution in [0.25, 0.3) is 22.0 Å². The van der Waals surface area contributed by atoms with Crippen molar-refractivity contribution in [3.8, 4) is 28.4 Å². The fourth-order valence-corrected chi connectivity index (χ4v) is 5.96. The van der Waals surface area contributed by atoms with E-state index in [-0.39, 0.29) is 17.9 Å². The normalized spacial score (nSPS) is 12.3. The fraction of sp³-hybridized carbons (Fsp3) is 0.150. The van der Waals surface area contributed by atoms with Crippen molar-refractivity contribution in [2.45, 2.75) is 25.3 Å². The van der Waals surface area contributed by atoms with Crippen LogP contribution in [-0.2, 0) is 13.2 Å². The number of aliphatic hydroxyl groups is 1. The van der Waals surface area contributed by atoms with Crippen molar-refractivity contribution in [1.29, 1.82) is 0 Å². The fourth-order valence-electron chi connectivity index (χ4n) is 5.96. The predicted molar refractivity (Wildman–Crippen MR) is 192 cm³/mol. The van der Waals surface area contributed by atoms with Gasteiger partial charge in [0.05, 0.1) is 24.8 Å². The highest BCUT2D eigenvalue weighted by Gasteiger charge is 2.18. The lowest BCUT2D eigenvalue weighted by Crippen LogP contribution is -2.27. The van der Waals surface area contributed by atoms with Crippen LogP contribution in [0.2, 0.25) is 0 Å². The molecule has 1 heterocycles. The number of benzene rings is 5. The number of fused-ring (bicyclic) bond motifs is 1. The van der Waals surface area contributed by atoms with Gasteiger partial charge in [0.1, 0.15) is 23.9 Å². The predicted octanol–water partition coefficient (Wildman–Crippen LogP) is 6.67. The highest BCUT2D eigenvalue weighted by molar-refractivity contribution is 5.87. The van der Waals surface area contributed by atoms with Gasteiger partial charge in [-0.1, -0.05) is 78.9 Å². The number of ether oxygens (including phenoxy) is 2. The number of carbonyl (C=O) groups is 1. The summed E-state index contributed by atoms with van der Waals surface area (Å²) >= 11 is 0. The molecular weight excluding hydrogens is 634 g/mol. The van der Waals surface area contributed by atoms with Gasteiger partial charge in [0.25, 0.3) is 0 Å². The van der Waals surface area contributed by atoms with Gasteiger partial charge < -0.3 is 40.4 Å². The molecule has 10 heteroatoms. The van der Waals surface area contributed by atoms with Gasteiger partial charge in [0, 0.05) is 30.1 Å². The number of amides is 1. The van der Waals surface area contributed by atoms with Crippen molar-refractivity contribution in [2.75, 3.05) is 13.7 Å². The van der Waals surface area contributed by atoms with Crippen LogP contribution in [0.15, 0.2) is 126 Å². The number of nitrogens with one attached hydrogen (secondary N) is 3. The van der Waals surface area contributed by atoms with E-state index in [0.717, 1.165) is 39.1 Å². The monoisotopic (exact) mass is 671 g/mol. The maximum absolute atomic E-state index is 11.7. The summed E-state index contributed by atoms with van der Waals surface area (Å²) in [7, 11) is 1.63. The van der Waals surface area contributed by atoms with E-state index in [4.69, 9.17) is 9.47 Å². The molecular formula is C40H37N3O7. The molecule has 0 spiro atoms. The first kappa shape index (κ1) is 33.8. The number of rotatable bonds is 13. The third-order valence-electron chi connectivity index (χ3n) is 8.46. The van der Waals surface area contributed by atoms with E-state index in [1.165, 1.54) is 12.1 Å². The maximum Gasteiger partial charge on any atom is 0.405 e. The number of hydrogen-bond donors (Lipinski definition) is 6. The Balaban J connectivity index is 1.10. The van der Waals surface area contributed by atoms with Gasteiger partial charge in [0.2, 0.25) is 5.56 Å². The lowest BCUT2D eigenvalue weighted by Gasteiger charge is -2.19. The first-order chi connectivity index (χ1) is 24.3. The molecule has 50 heavy (non-hydrogen) atoms. The van der Waals surface area contributed by atoms with Crippen LogP contribution in [0.4, 0.5) is 4.79 Å². The molecule has 1 unspecified atom stereocenters. The first-order valence-electron chi connectivity index (χ1n) is 16.1. The molecule has 0 saturated heterocycles. The minimum Gasteiger partial charge on any atom is -0.506 e. The zero-order valence-electron chi connectivity index (χ0n) is 27.3. The van der Waals surface area contributed by atoms with Crippen molar-refractivity contribution in [1.82, 2.24) is 15.6 Å². The van der Waals surface area contributed by atoms with Gasteiger partial charge in [-0.25, -0.2) is 4.79 Å². The van der Waals surface area contributed by atoms with E-state index < -0.39 is 18.2 Å². The first-order valence-corrected chi connectivity index (χ1v) is 16.1. The average molecular weight is 672 g/mol. The van der Waals surface area contributed by atoms with Crippen molar-refractivity contribution >= 4 is 17.0 Å². The van der Waals surface area contributed by atoms with Crippen LogP contribution in [0, 0.1) is 0 Å². The number of pyridine rings is 1. The molecule has 0 radical (unpaired) electrons. The number of H-pyrrole nitrogens is 1. The number of aliphatic hydroxyl groups excluding tert-OH is 1.